The largest absolute Gasteiger partial charge is 0.461 e. The first kappa shape index (κ1) is 22.6. The van der Waals surface area contributed by atoms with E-state index in [2.05, 4.69) is 15.5 Å². The van der Waals surface area contributed by atoms with Crippen LogP contribution in [0.3, 0.4) is 0 Å². The van der Waals surface area contributed by atoms with Crippen LogP contribution in [0.5, 0.6) is 0 Å². The average molecular weight is 453 g/mol. The van der Waals surface area contributed by atoms with Crippen LogP contribution in [0.4, 0.5) is 10.5 Å². The van der Waals surface area contributed by atoms with Gasteiger partial charge in [0.15, 0.2) is 5.76 Å². The Hall–Kier alpha value is -3.62. The number of piperidine rings is 1. The maximum absolute atomic E-state index is 13.0. The van der Waals surface area contributed by atoms with Gasteiger partial charge in [0.1, 0.15) is 5.60 Å². The van der Waals surface area contributed by atoms with Gasteiger partial charge in [0.2, 0.25) is 17.6 Å². The van der Waals surface area contributed by atoms with Crippen molar-refractivity contribution in [3.63, 3.8) is 0 Å². The smallest absolute Gasteiger partial charge is 0.410 e. The number of ether oxygens (including phenoxy) is 1. The van der Waals surface area contributed by atoms with Gasteiger partial charge in [-0.15, -0.1) is 0 Å². The van der Waals surface area contributed by atoms with E-state index in [0.29, 0.717) is 49.1 Å². The second-order valence-corrected chi connectivity index (χ2v) is 9.08. The van der Waals surface area contributed by atoms with E-state index >= 15 is 0 Å². The van der Waals surface area contributed by atoms with Crippen molar-refractivity contribution in [2.24, 2.45) is 5.92 Å². The van der Waals surface area contributed by atoms with Crippen molar-refractivity contribution in [3.8, 4) is 11.6 Å². The number of para-hydroxylation sites is 1. The standard InChI is InChI=1S/C24H28N4O5/c1-24(2,3)32-23(30)28-12-6-9-17(15-28)22(29)25-18-10-5-4-8-16(18)14-20-26-21(27-33-20)19-11-7-13-31-19/h4-5,7-8,10-11,13,17H,6,9,12,14-15H2,1-3H3,(H,25,29). The third kappa shape index (κ3) is 5.79. The summed E-state index contributed by atoms with van der Waals surface area (Å²) in [5.41, 5.74) is 0.950. The summed E-state index contributed by atoms with van der Waals surface area (Å²) in [5, 5.41) is 6.97. The van der Waals surface area contributed by atoms with Gasteiger partial charge in [-0.1, -0.05) is 23.4 Å². The number of carbonyl (C=O) groups excluding carboxylic acids is 2. The van der Waals surface area contributed by atoms with Gasteiger partial charge in [-0.05, 0) is 57.4 Å². The molecule has 9 heteroatoms. The van der Waals surface area contributed by atoms with Crippen LogP contribution < -0.4 is 5.32 Å². The van der Waals surface area contributed by atoms with Crippen LogP contribution in [0.15, 0.2) is 51.6 Å². The van der Waals surface area contributed by atoms with Crippen molar-refractivity contribution in [2.75, 3.05) is 18.4 Å². The van der Waals surface area contributed by atoms with Gasteiger partial charge >= 0.3 is 6.09 Å². The molecule has 2 amide bonds. The first-order chi connectivity index (χ1) is 15.8. The molecule has 3 heterocycles. The van der Waals surface area contributed by atoms with Crippen LogP contribution in [-0.4, -0.2) is 45.7 Å². The Labute approximate surface area is 192 Å². The lowest BCUT2D eigenvalue weighted by Crippen LogP contribution is -2.45. The van der Waals surface area contributed by atoms with Crippen molar-refractivity contribution >= 4 is 17.7 Å². The number of amides is 2. The molecule has 1 N–H and O–H groups in total. The number of likely N-dealkylation sites (tertiary alicyclic amines) is 1. The fourth-order valence-electron chi connectivity index (χ4n) is 3.71. The molecule has 0 saturated carbocycles. The Bertz CT molecular complexity index is 1100. The molecule has 4 rings (SSSR count). The number of hydrogen-bond acceptors (Lipinski definition) is 7. The Morgan fingerprint density at radius 3 is 2.79 bits per heavy atom. The molecule has 174 valence electrons. The molecule has 0 spiro atoms. The van der Waals surface area contributed by atoms with E-state index in [1.807, 2.05) is 45.0 Å². The lowest BCUT2D eigenvalue weighted by Gasteiger charge is -2.33. The van der Waals surface area contributed by atoms with E-state index in [-0.39, 0.29) is 17.9 Å². The number of hydrogen-bond donors (Lipinski definition) is 1. The first-order valence-corrected chi connectivity index (χ1v) is 11.0. The molecule has 0 bridgehead atoms. The molecule has 1 aliphatic heterocycles. The summed E-state index contributed by atoms with van der Waals surface area (Å²) in [6.07, 6.45) is 2.98. The average Bonchev–Trinajstić information content (AvgIpc) is 3.46. The van der Waals surface area contributed by atoms with E-state index in [4.69, 9.17) is 13.7 Å². The van der Waals surface area contributed by atoms with Gasteiger partial charge in [0.25, 0.3) is 0 Å². The number of nitrogens with zero attached hydrogens (tertiary/aromatic N) is 3. The van der Waals surface area contributed by atoms with Crippen molar-refractivity contribution in [1.82, 2.24) is 15.0 Å². The molecular weight excluding hydrogens is 424 g/mol. The number of benzene rings is 1. The maximum atomic E-state index is 13.0. The van der Waals surface area contributed by atoms with E-state index in [9.17, 15) is 9.59 Å². The van der Waals surface area contributed by atoms with Gasteiger partial charge in [-0.2, -0.15) is 4.98 Å². The highest BCUT2D eigenvalue weighted by Crippen LogP contribution is 2.24. The number of nitrogens with one attached hydrogen (secondary N) is 1. The molecule has 1 aliphatic rings. The number of aromatic nitrogens is 2. The lowest BCUT2D eigenvalue weighted by molar-refractivity contribution is -0.121. The minimum absolute atomic E-state index is 0.127. The molecule has 3 aromatic rings. The highest BCUT2D eigenvalue weighted by atomic mass is 16.6. The molecule has 0 radical (unpaired) electrons. The van der Waals surface area contributed by atoms with E-state index in [1.165, 1.54) is 0 Å². The Balaban J connectivity index is 1.41. The summed E-state index contributed by atoms with van der Waals surface area (Å²) < 4.78 is 16.1. The zero-order valence-corrected chi connectivity index (χ0v) is 19.0. The van der Waals surface area contributed by atoms with Gasteiger partial charge < -0.3 is 23.9 Å². The van der Waals surface area contributed by atoms with Gasteiger partial charge in [-0.25, -0.2) is 4.79 Å². The van der Waals surface area contributed by atoms with Gasteiger partial charge in [0.05, 0.1) is 18.6 Å². The highest BCUT2D eigenvalue weighted by molar-refractivity contribution is 5.93. The van der Waals surface area contributed by atoms with E-state index in [1.54, 1.807) is 23.3 Å². The first-order valence-electron chi connectivity index (χ1n) is 11.0. The predicted octanol–water partition coefficient (Wildman–Crippen LogP) is 4.51. The van der Waals surface area contributed by atoms with Gasteiger partial charge in [-0.3, -0.25) is 4.79 Å². The summed E-state index contributed by atoms with van der Waals surface area (Å²) in [6.45, 7) is 6.41. The molecule has 1 atom stereocenters. The third-order valence-corrected chi connectivity index (χ3v) is 5.27. The second kappa shape index (κ2) is 9.48. The Kier molecular flexibility index (Phi) is 6.48. The topological polar surface area (TPSA) is 111 Å². The predicted molar refractivity (Wildman–Crippen MR) is 120 cm³/mol. The minimum Gasteiger partial charge on any atom is -0.461 e. The summed E-state index contributed by atoms with van der Waals surface area (Å²) in [6, 6.07) is 11.0. The fourth-order valence-corrected chi connectivity index (χ4v) is 3.71. The number of carbonyl (C=O) groups is 2. The van der Waals surface area contributed by atoms with Crippen molar-refractivity contribution in [1.29, 1.82) is 0 Å². The maximum Gasteiger partial charge on any atom is 0.410 e. The molecule has 9 nitrogen and oxygen atoms in total. The zero-order chi connectivity index (χ0) is 23.4. The zero-order valence-electron chi connectivity index (χ0n) is 19.0. The summed E-state index contributed by atoms with van der Waals surface area (Å²) in [4.78, 5) is 31.4. The monoisotopic (exact) mass is 452 g/mol. The molecule has 33 heavy (non-hydrogen) atoms. The summed E-state index contributed by atoms with van der Waals surface area (Å²) in [7, 11) is 0. The van der Waals surface area contributed by atoms with Crippen LogP contribution in [0.1, 0.15) is 45.1 Å². The quantitative estimate of drug-likeness (QED) is 0.606. The minimum atomic E-state index is -0.573. The fraction of sp³-hybridized carbons (Fsp3) is 0.417. The van der Waals surface area contributed by atoms with Gasteiger partial charge in [0, 0.05) is 18.8 Å². The lowest BCUT2D eigenvalue weighted by atomic mass is 9.97. The molecule has 1 saturated heterocycles. The van der Waals surface area contributed by atoms with Crippen LogP contribution in [-0.2, 0) is 16.0 Å². The Morgan fingerprint density at radius 1 is 1.21 bits per heavy atom. The molecule has 2 aromatic heterocycles. The number of furan rings is 1. The molecular formula is C24H28N4O5. The number of anilines is 1. The van der Waals surface area contributed by atoms with Crippen molar-refractivity contribution in [3.05, 3.63) is 54.1 Å². The Morgan fingerprint density at radius 2 is 2.03 bits per heavy atom. The highest BCUT2D eigenvalue weighted by Gasteiger charge is 2.31. The number of rotatable bonds is 5. The summed E-state index contributed by atoms with van der Waals surface area (Å²) in [5.74, 6) is 0.877. The van der Waals surface area contributed by atoms with E-state index in [0.717, 1.165) is 12.0 Å². The van der Waals surface area contributed by atoms with Crippen molar-refractivity contribution < 1.29 is 23.3 Å². The normalized spacial score (nSPS) is 16.5. The molecule has 0 aliphatic carbocycles. The summed E-state index contributed by atoms with van der Waals surface area (Å²) >= 11 is 0. The molecule has 1 unspecified atom stereocenters. The second-order valence-electron chi connectivity index (χ2n) is 9.08. The van der Waals surface area contributed by atoms with Crippen LogP contribution in [0.25, 0.3) is 11.6 Å². The van der Waals surface area contributed by atoms with Crippen LogP contribution in [0, 0.1) is 5.92 Å². The van der Waals surface area contributed by atoms with Crippen LogP contribution >= 0.6 is 0 Å². The molecule has 1 fully saturated rings. The third-order valence-electron chi connectivity index (χ3n) is 5.27. The SMILES string of the molecule is CC(C)(C)OC(=O)N1CCCC(C(=O)Nc2ccccc2Cc2nc(-c3ccco3)no2)C1. The van der Waals surface area contributed by atoms with Crippen LogP contribution in [0.2, 0.25) is 0 Å². The van der Waals surface area contributed by atoms with E-state index < -0.39 is 5.60 Å². The van der Waals surface area contributed by atoms with Crippen molar-refractivity contribution in [2.45, 2.75) is 45.6 Å². The molecule has 1 aromatic carbocycles.